The molecule has 10 rings (SSSR count). The lowest BCUT2D eigenvalue weighted by Crippen LogP contribution is -2.53. The second-order valence-electron chi connectivity index (χ2n) is 15.0. The first-order chi connectivity index (χ1) is 29.3. The van der Waals surface area contributed by atoms with Gasteiger partial charge in [0, 0.05) is 16.8 Å². The standard InChI is InChI=1S/C49H36N4O6S/c1-58-35-25-18-29(19-26-35)16-17-30-20-27-37-36(28-30)49(47(57)50-37)40(45(55)52-48-51-38-14-8-9-15-39(38)60-48)42-46(56)59-43(32-12-6-3-7-13-32)41(31-10-4-2-5-11-31)53(42)44(49)33-21-23-34(54)24-22-33/h2-15,18-28,40-44,54H,1H3,(H,50,57)(H,51,52,55)/t40-,41-,42-,43+,44+,49-/m1/s1. The first-order valence-electron chi connectivity index (χ1n) is 19.5. The largest absolute Gasteiger partial charge is 0.508 e. The number of phenols is 1. The Labute approximate surface area is 349 Å². The van der Waals surface area contributed by atoms with Gasteiger partial charge in [0.2, 0.25) is 11.8 Å². The van der Waals surface area contributed by atoms with Gasteiger partial charge in [-0.05, 0) is 89.0 Å². The Morgan fingerprint density at radius 1 is 0.800 bits per heavy atom. The van der Waals surface area contributed by atoms with Crippen LogP contribution in [0.15, 0.2) is 152 Å². The second kappa shape index (κ2) is 14.8. The number of nitrogens with zero attached hydrogens (tertiary/aromatic N) is 2. The number of hydrogen-bond donors (Lipinski definition) is 3. The van der Waals surface area contributed by atoms with Crippen molar-refractivity contribution in [3.63, 3.8) is 0 Å². The number of esters is 1. The number of rotatable bonds is 6. The van der Waals surface area contributed by atoms with Crippen LogP contribution in [0.5, 0.6) is 11.5 Å². The second-order valence-corrected chi connectivity index (χ2v) is 16.1. The third kappa shape index (κ3) is 6.08. The number of cyclic esters (lactones) is 1. The maximum atomic E-state index is 15.4. The maximum absolute atomic E-state index is 15.4. The minimum Gasteiger partial charge on any atom is -0.508 e. The van der Waals surface area contributed by atoms with E-state index in [-0.39, 0.29) is 5.75 Å². The summed E-state index contributed by atoms with van der Waals surface area (Å²) in [5.41, 5.74) is 3.55. The number of amides is 2. The molecule has 7 aromatic rings. The minimum atomic E-state index is -1.73. The zero-order chi connectivity index (χ0) is 41.0. The molecule has 2 saturated heterocycles. The minimum absolute atomic E-state index is 0.0275. The van der Waals surface area contributed by atoms with Crippen molar-refractivity contribution in [2.45, 2.75) is 29.6 Å². The molecule has 2 amide bonds. The number of aromatic hydroxyl groups is 1. The predicted molar refractivity (Wildman–Crippen MR) is 228 cm³/mol. The zero-order valence-corrected chi connectivity index (χ0v) is 32.9. The van der Waals surface area contributed by atoms with Gasteiger partial charge in [0.15, 0.2) is 5.13 Å². The topological polar surface area (TPSA) is 130 Å². The highest BCUT2D eigenvalue weighted by Gasteiger charge is 2.74. The van der Waals surface area contributed by atoms with E-state index in [9.17, 15) is 5.11 Å². The van der Waals surface area contributed by atoms with Crippen molar-refractivity contribution in [3.8, 4) is 23.3 Å². The molecule has 0 radical (unpaired) electrons. The van der Waals surface area contributed by atoms with E-state index in [0.29, 0.717) is 38.8 Å². The monoisotopic (exact) mass is 808 g/mol. The molecule has 3 aliphatic rings. The van der Waals surface area contributed by atoms with Crippen LogP contribution in [0.2, 0.25) is 0 Å². The van der Waals surface area contributed by atoms with E-state index in [2.05, 4.69) is 22.5 Å². The van der Waals surface area contributed by atoms with E-state index >= 15 is 14.4 Å². The van der Waals surface area contributed by atoms with Crippen LogP contribution in [-0.2, 0) is 24.5 Å². The lowest BCUT2D eigenvalue weighted by Gasteiger charge is -2.46. The Morgan fingerprint density at radius 3 is 2.18 bits per heavy atom. The molecule has 3 N–H and O–H groups in total. The zero-order valence-electron chi connectivity index (χ0n) is 32.1. The molecule has 2 fully saturated rings. The summed E-state index contributed by atoms with van der Waals surface area (Å²) in [5, 5.41) is 17.1. The van der Waals surface area contributed by atoms with Gasteiger partial charge in [0.05, 0.1) is 35.3 Å². The van der Waals surface area contributed by atoms with E-state index in [0.717, 1.165) is 21.4 Å². The van der Waals surface area contributed by atoms with E-state index in [1.54, 1.807) is 37.4 Å². The van der Waals surface area contributed by atoms with E-state index in [1.807, 2.05) is 126 Å². The Hall–Kier alpha value is -7.26. The van der Waals surface area contributed by atoms with Gasteiger partial charge in [-0.2, -0.15) is 0 Å². The highest BCUT2D eigenvalue weighted by Crippen LogP contribution is 2.65. The summed E-state index contributed by atoms with van der Waals surface area (Å²) in [6, 6.07) is 43.4. The maximum Gasteiger partial charge on any atom is 0.324 e. The average Bonchev–Trinajstić information content (AvgIpc) is 3.93. The number of morpholine rings is 1. The number of para-hydroxylation sites is 1. The van der Waals surface area contributed by atoms with Gasteiger partial charge in [-0.25, -0.2) is 4.98 Å². The number of hydrogen-bond acceptors (Lipinski definition) is 9. The highest BCUT2D eigenvalue weighted by molar-refractivity contribution is 7.22. The van der Waals surface area contributed by atoms with Gasteiger partial charge in [-0.1, -0.05) is 108 Å². The van der Waals surface area contributed by atoms with Crippen LogP contribution < -0.4 is 15.4 Å². The lowest BCUT2D eigenvalue weighted by molar-refractivity contribution is -0.177. The number of ether oxygens (including phenoxy) is 2. The number of benzene rings is 6. The average molecular weight is 809 g/mol. The molecule has 60 heavy (non-hydrogen) atoms. The van der Waals surface area contributed by atoms with Crippen molar-refractivity contribution in [2.24, 2.45) is 5.92 Å². The molecular weight excluding hydrogens is 773 g/mol. The van der Waals surface area contributed by atoms with Gasteiger partial charge in [-0.3, -0.25) is 19.3 Å². The van der Waals surface area contributed by atoms with E-state index in [4.69, 9.17) is 14.5 Å². The van der Waals surface area contributed by atoms with Crippen molar-refractivity contribution >= 4 is 50.2 Å². The van der Waals surface area contributed by atoms with Crippen LogP contribution in [-0.4, -0.2) is 45.9 Å². The number of thiazole rings is 1. The number of carbonyl (C=O) groups is 3. The Morgan fingerprint density at radius 2 is 1.47 bits per heavy atom. The lowest BCUT2D eigenvalue weighted by atomic mass is 9.65. The van der Waals surface area contributed by atoms with Crippen molar-refractivity contribution in [1.82, 2.24) is 9.88 Å². The first-order valence-corrected chi connectivity index (χ1v) is 20.3. The molecule has 0 unspecified atom stereocenters. The Kier molecular flexibility index (Phi) is 9.16. The Bertz CT molecular complexity index is 2820. The highest BCUT2D eigenvalue weighted by atomic mass is 32.1. The quantitative estimate of drug-likeness (QED) is 0.113. The van der Waals surface area contributed by atoms with Gasteiger partial charge in [0.1, 0.15) is 29.1 Å². The molecule has 0 saturated carbocycles. The molecule has 3 aliphatic heterocycles. The van der Waals surface area contributed by atoms with Gasteiger partial charge in [-0.15, -0.1) is 0 Å². The van der Waals surface area contributed by atoms with Crippen LogP contribution >= 0.6 is 11.3 Å². The summed E-state index contributed by atoms with van der Waals surface area (Å²) in [6.45, 7) is 0. The third-order valence-corrected chi connectivity index (χ3v) is 12.7. The molecule has 6 aromatic carbocycles. The first kappa shape index (κ1) is 37.0. The smallest absolute Gasteiger partial charge is 0.324 e. The molecule has 1 aromatic heterocycles. The number of carbonyl (C=O) groups excluding carboxylic acids is 3. The van der Waals surface area contributed by atoms with Crippen LogP contribution in [0.25, 0.3) is 10.2 Å². The molecule has 1 spiro atoms. The predicted octanol–water partition coefficient (Wildman–Crippen LogP) is 8.32. The summed E-state index contributed by atoms with van der Waals surface area (Å²) >= 11 is 1.31. The van der Waals surface area contributed by atoms with Crippen LogP contribution in [0.4, 0.5) is 10.8 Å². The molecule has 4 heterocycles. The van der Waals surface area contributed by atoms with Gasteiger partial charge >= 0.3 is 5.97 Å². The summed E-state index contributed by atoms with van der Waals surface area (Å²) < 4.78 is 12.7. The SMILES string of the molecule is COc1ccc(C#Cc2ccc3c(c2)[C@]2(C(=O)N3)[C@H](c3ccc(O)cc3)N3[C@H](c4ccccc4)[C@H](c4ccccc4)OC(=O)[C@H]3[C@@H]2C(=O)Nc2nc3ccccc3s2)cc1. The van der Waals surface area contributed by atoms with Gasteiger partial charge in [0.25, 0.3) is 0 Å². The number of nitrogens with one attached hydrogen (secondary N) is 2. The van der Waals surface area contributed by atoms with E-state index < -0.39 is 53.3 Å². The molecule has 10 nitrogen and oxygen atoms in total. The molecular formula is C49H36N4O6S. The number of anilines is 2. The van der Waals surface area contributed by atoms with Crippen LogP contribution in [0.1, 0.15) is 51.6 Å². The molecule has 294 valence electrons. The summed E-state index contributed by atoms with van der Waals surface area (Å²) in [7, 11) is 1.60. The van der Waals surface area contributed by atoms with Crippen LogP contribution in [0.3, 0.4) is 0 Å². The summed E-state index contributed by atoms with van der Waals surface area (Å²) in [6.07, 6.45) is -0.814. The number of methoxy groups -OCH3 is 1. The number of phenolic OH excluding ortho intramolecular Hbond substituents is 1. The fourth-order valence-corrected chi connectivity index (χ4v) is 10.1. The summed E-state index contributed by atoms with van der Waals surface area (Å²) in [4.78, 5) is 52.6. The van der Waals surface area contributed by atoms with Crippen molar-refractivity contribution < 1.29 is 29.0 Å². The fraction of sp³-hybridized carbons (Fsp3) is 0.143. The molecule has 0 aliphatic carbocycles. The van der Waals surface area contributed by atoms with Crippen molar-refractivity contribution in [2.75, 3.05) is 17.7 Å². The number of fused-ring (bicyclic) bond motifs is 4. The number of aromatic nitrogens is 1. The molecule has 6 atom stereocenters. The van der Waals surface area contributed by atoms with Crippen LogP contribution in [0, 0.1) is 17.8 Å². The van der Waals surface area contributed by atoms with E-state index in [1.165, 1.54) is 11.3 Å². The molecule has 11 heteroatoms. The van der Waals surface area contributed by atoms with Crippen molar-refractivity contribution in [1.29, 1.82) is 0 Å². The molecule has 0 bridgehead atoms. The Balaban J connectivity index is 1.22. The summed E-state index contributed by atoms with van der Waals surface area (Å²) in [5.74, 6) is 4.22. The third-order valence-electron chi connectivity index (χ3n) is 11.8. The van der Waals surface area contributed by atoms with Crippen molar-refractivity contribution in [3.05, 3.63) is 185 Å². The van der Waals surface area contributed by atoms with Gasteiger partial charge < -0.3 is 25.2 Å². The fourth-order valence-electron chi connectivity index (χ4n) is 9.26. The normalized spacial score (nSPS) is 22.9.